The third kappa shape index (κ3) is 3.63. The number of aliphatic hydroxyl groups excluding tert-OH is 1. The molecule has 1 aromatic heterocycles. The minimum Gasteiger partial charge on any atom is -0.388 e. The fourth-order valence-electron chi connectivity index (χ4n) is 1.78. The van der Waals surface area contributed by atoms with E-state index < -0.39 is 43.8 Å². The van der Waals surface area contributed by atoms with Crippen LogP contribution in [-0.4, -0.2) is 43.2 Å². The smallest absolute Gasteiger partial charge is 0.351 e. The number of hydrogen-bond donors (Lipinski definition) is 4. The van der Waals surface area contributed by atoms with Gasteiger partial charge >= 0.3 is 13.3 Å². The summed E-state index contributed by atoms with van der Waals surface area (Å²) in [5.74, 6) is 0. The van der Waals surface area contributed by atoms with Crippen molar-refractivity contribution in [3.8, 4) is 0 Å². The fraction of sp³-hybridized carbons (Fsp3) is 0.556. The van der Waals surface area contributed by atoms with Crippen molar-refractivity contribution in [1.82, 2.24) is 9.55 Å². The van der Waals surface area contributed by atoms with Crippen LogP contribution in [0, 0.1) is 0 Å². The fourth-order valence-corrected chi connectivity index (χ4v) is 2.14. The number of rotatable bonds is 4. The van der Waals surface area contributed by atoms with Crippen LogP contribution < -0.4 is 11.2 Å². The van der Waals surface area contributed by atoms with Gasteiger partial charge in [-0.15, -0.1) is 0 Å². The predicted octanol–water partition coefficient (Wildman–Crippen LogP) is -1.71. The van der Waals surface area contributed by atoms with Crippen molar-refractivity contribution >= 4 is 7.60 Å². The average molecular weight is 308 g/mol. The first-order valence-electron chi connectivity index (χ1n) is 5.57. The molecule has 2 heterocycles. The SMILES string of the molecule is O=c1ccn([C@@H]2O[C@H](OCP(=O)(O)O)C[C@@H]2O)c(=O)[nH]1. The third-order valence-electron chi connectivity index (χ3n) is 2.61. The highest BCUT2D eigenvalue weighted by molar-refractivity contribution is 7.51. The van der Waals surface area contributed by atoms with Crippen LogP contribution >= 0.6 is 7.60 Å². The molecule has 2 rings (SSSR count). The van der Waals surface area contributed by atoms with E-state index in [-0.39, 0.29) is 6.42 Å². The van der Waals surface area contributed by atoms with Gasteiger partial charge in [-0.3, -0.25) is 18.9 Å². The van der Waals surface area contributed by atoms with E-state index in [1.54, 1.807) is 0 Å². The van der Waals surface area contributed by atoms with Crippen molar-refractivity contribution in [1.29, 1.82) is 0 Å². The lowest BCUT2D eigenvalue weighted by atomic mass is 10.2. The summed E-state index contributed by atoms with van der Waals surface area (Å²) < 4.78 is 21.7. The molecule has 0 spiro atoms. The van der Waals surface area contributed by atoms with Crippen LogP contribution in [0.4, 0.5) is 0 Å². The summed E-state index contributed by atoms with van der Waals surface area (Å²) >= 11 is 0. The molecule has 1 aliphatic heterocycles. The quantitative estimate of drug-likeness (QED) is 0.480. The second-order valence-electron chi connectivity index (χ2n) is 4.24. The highest BCUT2D eigenvalue weighted by atomic mass is 31.2. The maximum absolute atomic E-state index is 11.5. The molecular weight excluding hydrogens is 295 g/mol. The molecule has 1 fully saturated rings. The molecule has 10 nitrogen and oxygen atoms in total. The number of ether oxygens (including phenoxy) is 2. The summed E-state index contributed by atoms with van der Waals surface area (Å²) in [6.45, 7) is 0. The van der Waals surface area contributed by atoms with E-state index >= 15 is 0 Å². The highest BCUT2D eigenvalue weighted by Crippen LogP contribution is 2.37. The van der Waals surface area contributed by atoms with E-state index in [0.717, 1.165) is 16.8 Å². The Morgan fingerprint density at radius 1 is 1.50 bits per heavy atom. The Hall–Kier alpha value is -1.29. The summed E-state index contributed by atoms with van der Waals surface area (Å²) in [4.78, 5) is 41.8. The summed E-state index contributed by atoms with van der Waals surface area (Å²) in [6, 6.07) is 1.08. The van der Waals surface area contributed by atoms with Gasteiger partial charge in [-0.2, -0.15) is 0 Å². The molecule has 0 radical (unpaired) electrons. The number of H-pyrrole nitrogens is 1. The highest BCUT2D eigenvalue weighted by Gasteiger charge is 2.37. The van der Waals surface area contributed by atoms with Gasteiger partial charge in [0.2, 0.25) is 0 Å². The van der Waals surface area contributed by atoms with Crippen molar-refractivity contribution in [2.24, 2.45) is 0 Å². The molecule has 1 saturated heterocycles. The minimum absolute atomic E-state index is 0.0593. The van der Waals surface area contributed by atoms with Crippen LogP contribution in [0.15, 0.2) is 21.9 Å². The Morgan fingerprint density at radius 3 is 2.80 bits per heavy atom. The van der Waals surface area contributed by atoms with E-state index in [4.69, 9.17) is 19.3 Å². The molecular formula is C9H13N2O8P. The van der Waals surface area contributed by atoms with E-state index in [9.17, 15) is 19.3 Å². The lowest BCUT2D eigenvalue weighted by molar-refractivity contribution is -0.147. The van der Waals surface area contributed by atoms with Gasteiger partial charge in [0, 0.05) is 18.7 Å². The molecule has 0 bridgehead atoms. The Labute approximate surface area is 111 Å². The van der Waals surface area contributed by atoms with Crippen LogP contribution in [0.1, 0.15) is 12.6 Å². The van der Waals surface area contributed by atoms with E-state index in [2.05, 4.69) is 0 Å². The van der Waals surface area contributed by atoms with Crippen LogP contribution in [0.2, 0.25) is 0 Å². The standard InChI is InChI=1S/C9H13N2O8P/c12-5-3-7(18-4-20(15,16)17)19-8(5)11-2-1-6(13)10-9(11)14/h1-2,5,7-8,12H,3-4H2,(H,10,13,14)(H2,15,16,17)/t5-,7-,8+/m0/s1. The average Bonchev–Trinajstić information content (AvgIpc) is 2.67. The molecule has 0 aromatic carbocycles. The van der Waals surface area contributed by atoms with Crippen LogP contribution in [0.3, 0.4) is 0 Å². The summed E-state index contributed by atoms with van der Waals surface area (Å²) in [7, 11) is -4.35. The Bertz CT molecular complexity index is 633. The minimum atomic E-state index is -4.35. The van der Waals surface area contributed by atoms with Crippen molar-refractivity contribution < 1.29 is 28.9 Å². The molecule has 11 heteroatoms. The lowest BCUT2D eigenvalue weighted by Crippen LogP contribution is -2.34. The first-order valence-corrected chi connectivity index (χ1v) is 7.37. The number of hydrogen-bond acceptors (Lipinski definition) is 6. The molecule has 0 unspecified atom stereocenters. The first kappa shape index (κ1) is 15.1. The van der Waals surface area contributed by atoms with Crippen LogP contribution in [0.25, 0.3) is 0 Å². The number of nitrogens with one attached hydrogen (secondary N) is 1. The Kier molecular flexibility index (Phi) is 4.23. The van der Waals surface area contributed by atoms with Gasteiger partial charge in [0.05, 0.1) is 0 Å². The van der Waals surface area contributed by atoms with Crippen LogP contribution in [0.5, 0.6) is 0 Å². The topological polar surface area (TPSA) is 151 Å². The van der Waals surface area contributed by atoms with E-state index in [0.29, 0.717) is 0 Å². The molecule has 1 aliphatic rings. The predicted molar refractivity (Wildman–Crippen MR) is 63.9 cm³/mol. The molecule has 0 saturated carbocycles. The maximum Gasteiger partial charge on any atom is 0.351 e. The first-order chi connectivity index (χ1) is 9.26. The Balaban J connectivity index is 2.09. The second kappa shape index (κ2) is 5.60. The van der Waals surface area contributed by atoms with Gasteiger partial charge in [0.1, 0.15) is 6.10 Å². The molecule has 4 N–H and O–H groups in total. The largest absolute Gasteiger partial charge is 0.388 e. The van der Waals surface area contributed by atoms with Crippen molar-refractivity contribution in [2.45, 2.75) is 25.0 Å². The zero-order valence-corrected chi connectivity index (χ0v) is 11.0. The van der Waals surface area contributed by atoms with Crippen molar-refractivity contribution in [3.05, 3.63) is 33.1 Å². The van der Waals surface area contributed by atoms with E-state index in [1.807, 2.05) is 4.98 Å². The lowest BCUT2D eigenvalue weighted by Gasteiger charge is -2.17. The summed E-state index contributed by atoms with van der Waals surface area (Å²) in [5.41, 5.74) is -1.36. The third-order valence-corrected chi connectivity index (χ3v) is 3.09. The molecule has 0 aliphatic carbocycles. The van der Waals surface area contributed by atoms with Crippen molar-refractivity contribution in [3.63, 3.8) is 0 Å². The second-order valence-corrected chi connectivity index (χ2v) is 5.82. The monoisotopic (exact) mass is 308 g/mol. The zero-order chi connectivity index (χ0) is 14.9. The van der Waals surface area contributed by atoms with Gasteiger partial charge in [0.15, 0.2) is 18.9 Å². The van der Waals surface area contributed by atoms with Crippen LogP contribution in [-0.2, 0) is 14.0 Å². The molecule has 112 valence electrons. The van der Waals surface area contributed by atoms with Gasteiger partial charge < -0.3 is 24.4 Å². The number of aromatic amines is 1. The van der Waals surface area contributed by atoms with Gasteiger partial charge in [0.25, 0.3) is 5.56 Å². The zero-order valence-electron chi connectivity index (χ0n) is 10.1. The number of nitrogens with zero attached hydrogens (tertiary/aromatic N) is 1. The molecule has 20 heavy (non-hydrogen) atoms. The molecule has 3 atom stereocenters. The van der Waals surface area contributed by atoms with Crippen molar-refractivity contribution in [2.75, 3.05) is 6.35 Å². The summed E-state index contributed by atoms with van der Waals surface area (Å²) in [5, 5.41) is 9.79. The normalized spacial score (nSPS) is 26.9. The van der Waals surface area contributed by atoms with Gasteiger partial charge in [-0.05, 0) is 0 Å². The van der Waals surface area contributed by atoms with E-state index in [1.165, 1.54) is 0 Å². The molecule has 1 aromatic rings. The maximum atomic E-state index is 11.5. The van der Waals surface area contributed by atoms with Gasteiger partial charge in [-0.25, -0.2) is 4.79 Å². The molecule has 0 amide bonds. The van der Waals surface area contributed by atoms with Gasteiger partial charge in [-0.1, -0.05) is 0 Å². The Morgan fingerprint density at radius 2 is 2.20 bits per heavy atom. The summed E-state index contributed by atoms with van der Waals surface area (Å²) in [6.07, 6.45) is -3.02. The number of aromatic nitrogens is 2. The number of aliphatic hydroxyl groups is 1.